The second-order valence-electron chi connectivity index (χ2n) is 13.0. The van der Waals surface area contributed by atoms with Crippen LogP contribution < -0.4 is 4.90 Å². The molecule has 2 nitrogen and oxygen atoms in total. The van der Waals surface area contributed by atoms with Crippen LogP contribution >= 0.6 is 0 Å². The third-order valence-electron chi connectivity index (χ3n) is 9.86. The Balaban J connectivity index is 1.19. The molecule has 0 N–H and O–H groups in total. The summed E-state index contributed by atoms with van der Waals surface area (Å²) in [7, 11) is 0. The fraction of sp³-hybridized carbons (Fsp3) is 0.0667. The highest BCUT2D eigenvalue weighted by Gasteiger charge is 2.39. The third-order valence-corrected chi connectivity index (χ3v) is 9.86. The average molecular weight is 604 g/mol. The van der Waals surface area contributed by atoms with Crippen LogP contribution in [-0.4, -0.2) is 0 Å². The van der Waals surface area contributed by atoms with E-state index >= 15 is 0 Å². The van der Waals surface area contributed by atoms with Crippen molar-refractivity contribution in [3.05, 3.63) is 175 Å². The summed E-state index contributed by atoms with van der Waals surface area (Å²) in [5.74, 6) is 0. The Morgan fingerprint density at radius 2 is 0.979 bits per heavy atom. The van der Waals surface area contributed by atoms with Crippen LogP contribution in [0.3, 0.4) is 0 Å². The van der Waals surface area contributed by atoms with Crippen LogP contribution in [0.15, 0.2) is 168 Å². The summed E-state index contributed by atoms with van der Waals surface area (Å²) in [5, 5.41) is 2.35. The minimum atomic E-state index is -0.198. The van der Waals surface area contributed by atoms with Crippen molar-refractivity contribution in [1.29, 1.82) is 0 Å². The zero-order valence-corrected chi connectivity index (χ0v) is 26.4. The minimum Gasteiger partial charge on any atom is -0.456 e. The predicted octanol–water partition coefficient (Wildman–Crippen LogP) is 12.7. The van der Waals surface area contributed by atoms with E-state index in [4.69, 9.17) is 4.42 Å². The molecule has 0 saturated heterocycles. The first-order valence-electron chi connectivity index (χ1n) is 16.3. The molecular weight excluding hydrogens is 571 g/mol. The molecule has 0 atom stereocenters. The molecule has 7 aromatic carbocycles. The van der Waals surface area contributed by atoms with Crippen LogP contribution in [-0.2, 0) is 5.41 Å². The highest BCUT2D eigenvalue weighted by atomic mass is 16.3. The molecule has 9 rings (SSSR count). The SMILES string of the molecule is CC1(C)c2ccc(N(c3ccc(-c4ccccc4)cc3)c3ccc(-c4ccccc4)cc3)cc2-c2ccc3c(oc4ccccc43)c21. The van der Waals surface area contributed by atoms with Gasteiger partial charge in [-0.25, -0.2) is 0 Å². The van der Waals surface area contributed by atoms with Gasteiger partial charge in [-0.15, -0.1) is 0 Å². The monoisotopic (exact) mass is 603 g/mol. The predicted molar refractivity (Wildman–Crippen MR) is 197 cm³/mol. The number of furan rings is 1. The molecule has 47 heavy (non-hydrogen) atoms. The van der Waals surface area contributed by atoms with E-state index in [1.165, 1.54) is 55.3 Å². The lowest BCUT2D eigenvalue weighted by Gasteiger charge is -2.27. The van der Waals surface area contributed by atoms with Gasteiger partial charge in [0.1, 0.15) is 11.2 Å². The summed E-state index contributed by atoms with van der Waals surface area (Å²) in [6.45, 7) is 4.65. The van der Waals surface area contributed by atoms with Gasteiger partial charge in [0.15, 0.2) is 0 Å². The largest absolute Gasteiger partial charge is 0.456 e. The van der Waals surface area contributed by atoms with Crippen molar-refractivity contribution in [2.24, 2.45) is 0 Å². The van der Waals surface area contributed by atoms with Crippen molar-refractivity contribution in [2.45, 2.75) is 19.3 Å². The van der Waals surface area contributed by atoms with Gasteiger partial charge in [-0.1, -0.05) is 129 Å². The fourth-order valence-electron chi connectivity index (χ4n) is 7.52. The first-order valence-corrected chi connectivity index (χ1v) is 16.3. The summed E-state index contributed by atoms with van der Waals surface area (Å²) in [6.07, 6.45) is 0. The molecule has 1 aliphatic carbocycles. The van der Waals surface area contributed by atoms with Crippen LogP contribution in [0, 0.1) is 0 Å². The number of rotatable bonds is 5. The molecule has 1 aromatic heterocycles. The molecule has 0 radical (unpaired) electrons. The molecule has 0 spiro atoms. The first-order chi connectivity index (χ1) is 23.1. The molecule has 0 bridgehead atoms. The summed E-state index contributed by atoms with van der Waals surface area (Å²) < 4.78 is 6.56. The quantitative estimate of drug-likeness (QED) is 0.195. The third kappa shape index (κ3) is 4.40. The molecule has 0 fully saturated rings. The maximum atomic E-state index is 6.56. The lowest BCUT2D eigenvalue weighted by molar-refractivity contribution is 0.620. The molecule has 0 unspecified atom stereocenters. The molecule has 0 amide bonds. The van der Waals surface area contributed by atoms with Crippen molar-refractivity contribution in [3.63, 3.8) is 0 Å². The standard InChI is InChI=1S/C45H33NO/c1-45(2)41-28-25-36(29-40(41)38-26-27-39-37-15-9-10-16-42(37)47-44(39)43(38)45)46(34-21-17-32(18-22-34)30-11-5-3-6-12-30)35-23-19-33(20-24-35)31-13-7-4-8-14-31/h3-29H,1-2H3. The summed E-state index contributed by atoms with van der Waals surface area (Å²) in [6, 6.07) is 58.8. The van der Waals surface area contributed by atoms with Crippen molar-refractivity contribution in [1.82, 2.24) is 0 Å². The van der Waals surface area contributed by atoms with Gasteiger partial charge in [-0.3, -0.25) is 0 Å². The number of para-hydroxylation sites is 1. The van der Waals surface area contributed by atoms with E-state index < -0.39 is 0 Å². The summed E-state index contributed by atoms with van der Waals surface area (Å²) in [5.41, 5.74) is 15.0. The molecule has 2 heteroatoms. The van der Waals surface area contributed by atoms with Gasteiger partial charge in [0.2, 0.25) is 0 Å². The molecule has 0 aliphatic heterocycles. The van der Waals surface area contributed by atoms with Gasteiger partial charge in [0, 0.05) is 38.8 Å². The van der Waals surface area contributed by atoms with Crippen molar-refractivity contribution in [2.75, 3.05) is 4.90 Å². The lowest BCUT2D eigenvalue weighted by atomic mass is 9.81. The maximum Gasteiger partial charge on any atom is 0.140 e. The number of benzene rings is 7. The van der Waals surface area contributed by atoms with E-state index in [0.29, 0.717) is 0 Å². The summed E-state index contributed by atoms with van der Waals surface area (Å²) >= 11 is 0. The Morgan fingerprint density at radius 3 is 1.60 bits per heavy atom. The Morgan fingerprint density at radius 1 is 0.447 bits per heavy atom. The van der Waals surface area contributed by atoms with Crippen LogP contribution in [0.5, 0.6) is 0 Å². The van der Waals surface area contributed by atoms with Gasteiger partial charge in [0.05, 0.1) is 0 Å². The zero-order chi connectivity index (χ0) is 31.5. The highest BCUT2D eigenvalue weighted by Crippen LogP contribution is 2.54. The van der Waals surface area contributed by atoms with Gasteiger partial charge in [-0.2, -0.15) is 0 Å². The maximum absolute atomic E-state index is 6.56. The van der Waals surface area contributed by atoms with Crippen LogP contribution in [0.2, 0.25) is 0 Å². The Labute approximate surface area is 275 Å². The Bertz CT molecular complexity index is 2320. The molecular formula is C45H33NO. The van der Waals surface area contributed by atoms with Crippen LogP contribution in [0.25, 0.3) is 55.3 Å². The van der Waals surface area contributed by atoms with Gasteiger partial charge in [-0.05, 0) is 87.5 Å². The Kier molecular flexibility index (Phi) is 6.20. The summed E-state index contributed by atoms with van der Waals surface area (Å²) in [4.78, 5) is 2.37. The topological polar surface area (TPSA) is 16.4 Å². The number of hydrogen-bond acceptors (Lipinski definition) is 2. The zero-order valence-electron chi connectivity index (χ0n) is 26.4. The van der Waals surface area contributed by atoms with E-state index in [0.717, 1.165) is 28.2 Å². The van der Waals surface area contributed by atoms with Crippen molar-refractivity contribution in [3.8, 4) is 33.4 Å². The van der Waals surface area contributed by atoms with Crippen LogP contribution in [0.1, 0.15) is 25.0 Å². The van der Waals surface area contributed by atoms with E-state index in [1.807, 2.05) is 6.07 Å². The molecule has 1 heterocycles. The van der Waals surface area contributed by atoms with Crippen molar-refractivity contribution >= 4 is 39.0 Å². The van der Waals surface area contributed by atoms with E-state index in [1.54, 1.807) is 0 Å². The minimum absolute atomic E-state index is 0.198. The highest BCUT2D eigenvalue weighted by molar-refractivity contribution is 6.09. The number of anilines is 3. The smallest absolute Gasteiger partial charge is 0.140 e. The average Bonchev–Trinajstić information content (AvgIpc) is 3.61. The van der Waals surface area contributed by atoms with Gasteiger partial charge < -0.3 is 9.32 Å². The number of nitrogens with zero attached hydrogens (tertiary/aromatic N) is 1. The van der Waals surface area contributed by atoms with Gasteiger partial charge >= 0.3 is 0 Å². The fourth-order valence-corrected chi connectivity index (χ4v) is 7.52. The second kappa shape index (κ2) is 10.6. The van der Waals surface area contributed by atoms with Crippen molar-refractivity contribution < 1.29 is 4.42 Å². The number of hydrogen-bond donors (Lipinski definition) is 0. The first kappa shape index (κ1) is 27.5. The molecule has 0 saturated carbocycles. The normalized spacial score (nSPS) is 13.1. The van der Waals surface area contributed by atoms with E-state index in [-0.39, 0.29) is 5.41 Å². The van der Waals surface area contributed by atoms with Gasteiger partial charge in [0.25, 0.3) is 0 Å². The second-order valence-corrected chi connectivity index (χ2v) is 13.0. The van der Waals surface area contributed by atoms with Crippen LogP contribution in [0.4, 0.5) is 17.1 Å². The molecule has 1 aliphatic rings. The number of fused-ring (bicyclic) bond motifs is 7. The molecule has 8 aromatic rings. The lowest BCUT2D eigenvalue weighted by Crippen LogP contribution is -2.15. The van der Waals surface area contributed by atoms with E-state index in [9.17, 15) is 0 Å². The Hall–Kier alpha value is -5.86. The molecule has 224 valence electrons. The van der Waals surface area contributed by atoms with E-state index in [2.05, 4.69) is 176 Å².